The maximum Gasteiger partial charge on any atom is 0.204 e. The summed E-state index contributed by atoms with van der Waals surface area (Å²) in [7, 11) is 32.9. The van der Waals surface area contributed by atoms with Crippen LogP contribution in [0.2, 0.25) is 0 Å². The van der Waals surface area contributed by atoms with Crippen LogP contribution in [0.1, 0.15) is 0 Å². The van der Waals surface area contributed by atoms with E-state index in [-0.39, 0.29) is 38.3 Å². The molecule has 0 atom stereocenters. The SMILES string of the molecule is [B]c1c(O)c(O)c(O)c(O)c1-c1c([B])c(O)c([B])c2c3c([B])c(O)c(O)c([B])c3n(-c3ccc(-c4nc(-c5ccccc5)nc(-c5ccc(-c6ccccc6)cc5)n4)cc3-c3ccccc3)c12. The number of hydrogen-bond acceptors (Lipinski definition) is 10. The Balaban J connectivity index is 1.30. The second kappa shape index (κ2) is 16.2. The summed E-state index contributed by atoms with van der Waals surface area (Å²) in [6.07, 6.45) is 0. The van der Waals surface area contributed by atoms with Gasteiger partial charge in [0.05, 0.1) is 16.7 Å². The molecule has 8 aromatic carbocycles. The summed E-state index contributed by atoms with van der Waals surface area (Å²) in [4.78, 5) is 14.9. The fourth-order valence-corrected chi connectivity index (χ4v) is 8.56. The molecule has 10 radical (unpaired) electrons. The third kappa shape index (κ3) is 6.71. The van der Waals surface area contributed by atoms with Crippen molar-refractivity contribution in [3.8, 4) is 113 Å². The Hall–Kier alpha value is -8.51. The van der Waals surface area contributed by atoms with Gasteiger partial charge in [-0.2, -0.15) is 0 Å². The molecular weight excluding hydrogens is 835 g/mol. The van der Waals surface area contributed by atoms with Crippen molar-refractivity contribution in [1.29, 1.82) is 0 Å². The highest BCUT2D eigenvalue weighted by Crippen LogP contribution is 2.49. The number of rotatable bonds is 7. The molecule has 0 amide bonds. The van der Waals surface area contributed by atoms with Crippen molar-refractivity contribution in [2.45, 2.75) is 0 Å². The van der Waals surface area contributed by atoms with Gasteiger partial charge in [-0.3, -0.25) is 0 Å². The van der Waals surface area contributed by atoms with Crippen molar-refractivity contribution in [1.82, 2.24) is 19.5 Å². The molecule has 310 valence electrons. The molecule has 0 bridgehead atoms. The first kappa shape index (κ1) is 42.4. The number of nitrogens with zero attached hydrogens (tertiary/aromatic N) is 4. The van der Waals surface area contributed by atoms with Gasteiger partial charge in [0.25, 0.3) is 0 Å². The number of fused-ring (bicyclic) bond motifs is 3. The minimum Gasteiger partial charge on any atom is -0.509 e. The summed E-state index contributed by atoms with van der Waals surface area (Å²) in [6.45, 7) is 0. The monoisotopic (exact) mass is 864 g/mol. The molecule has 0 fully saturated rings. The van der Waals surface area contributed by atoms with Crippen LogP contribution in [0, 0.1) is 0 Å². The predicted molar refractivity (Wildman–Crippen MR) is 265 cm³/mol. The lowest BCUT2D eigenvalue weighted by atomic mass is 9.73. The maximum absolute atomic E-state index is 11.6. The smallest absolute Gasteiger partial charge is 0.204 e. The zero-order valence-corrected chi connectivity index (χ0v) is 35.0. The Morgan fingerprint density at radius 1 is 0.328 bits per heavy atom. The number of phenols is 7. The molecule has 0 spiro atoms. The van der Waals surface area contributed by atoms with Crippen LogP contribution in [-0.2, 0) is 0 Å². The Kier molecular flexibility index (Phi) is 10.3. The fourth-order valence-electron chi connectivity index (χ4n) is 8.56. The third-order valence-corrected chi connectivity index (χ3v) is 11.9. The summed E-state index contributed by atoms with van der Waals surface area (Å²) in [6, 6.07) is 41.8. The highest BCUT2D eigenvalue weighted by Gasteiger charge is 2.32. The van der Waals surface area contributed by atoms with Crippen LogP contribution in [0.3, 0.4) is 0 Å². The standard InChI is InChI=1S/C51H29B5N4O7/c52-35-31-32-37(54)44(63)46(65)39(56)41(32)60(40(31)33(36(53)43(35)62)34-38(55)45(64)48(67)47(66)42(34)61)30-21-20-28(22-29(30)25-12-6-2-7-13-25)51-58-49(26-14-8-3-9-15-26)57-50(59-51)27-18-16-24(17-19-27)23-10-4-1-5-11-23/h1-22,61-67H. The molecule has 2 aromatic heterocycles. The molecule has 10 aromatic rings. The van der Waals surface area contributed by atoms with Gasteiger partial charge >= 0.3 is 0 Å². The van der Waals surface area contributed by atoms with E-state index in [1.165, 1.54) is 4.57 Å². The molecule has 0 unspecified atom stereocenters. The molecule has 0 aliphatic carbocycles. The molecule has 67 heavy (non-hydrogen) atoms. The molecule has 11 nitrogen and oxygen atoms in total. The van der Waals surface area contributed by atoms with E-state index in [9.17, 15) is 35.7 Å². The molecule has 0 saturated heterocycles. The predicted octanol–water partition coefficient (Wildman–Crippen LogP) is 4.88. The normalized spacial score (nSPS) is 11.4. The number of benzene rings is 8. The fraction of sp³-hybridized carbons (Fsp3) is 0. The van der Waals surface area contributed by atoms with Gasteiger partial charge in [0.15, 0.2) is 34.7 Å². The highest BCUT2D eigenvalue weighted by atomic mass is 16.3. The summed E-state index contributed by atoms with van der Waals surface area (Å²) in [5, 5.41) is 77.5. The van der Waals surface area contributed by atoms with E-state index < -0.39 is 62.2 Å². The van der Waals surface area contributed by atoms with Crippen LogP contribution in [0.4, 0.5) is 0 Å². The lowest BCUT2D eigenvalue weighted by Gasteiger charge is -2.22. The highest BCUT2D eigenvalue weighted by molar-refractivity contribution is 6.57. The lowest BCUT2D eigenvalue weighted by Crippen LogP contribution is -2.22. The van der Waals surface area contributed by atoms with E-state index in [1.54, 1.807) is 12.1 Å². The molecule has 16 heteroatoms. The molecule has 2 heterocycles. The third-order valence-electron chi connectivity index (χ3n) is 11.9. The second-order valence-corrected chi connectivity index (χ2v) is 15.8. The van der Waals surface area contributed by atoms with Crippen molar-refractivity contribution in [2.24, 2.45) is 0 Å². The minimum absolute atomic E-state index is 0.0382. The molecular formula is C51H29B5N4O7. The quantitative estimate of drug-likeness (QED) is 0.0663. The molecule has 0 aliphatic heterocycles. The summed E-state index contributed by atoms with van der Waals surface area (Å²) >= 11 is 0. The Bertz CT molecular complexity index is 3620. The second-order valence-electron chi connectivity index (χ2n) is 15.8. The average Bonchev–Trinajstić information content (AvgIpc) is 3.73. The molecule has 0 saturated carbocycles. The van der Waals surface area contributed by atoms with Gasteiger partial charge in [-0.25, -0.2) is 15.0 Å². The lowest BCUT2D eigenvalue weighted by molar-refractivity contribution is 0.348. The van der Waals surface area contributed by atoms with E-state index in [4.69, 9.17) is 54.2 Å². The Labute approximate surface area is 389 Å². The van der Waals surface area contributed by atoms with Crippen molar-refractivity contribution in [3.63, 3.8) is 0 Å². The minimum atomic E-state index is -1.16. The van der Waals surface area contributed by atoms with E-state index >= 15 is 0 Å². The Morgan fingerprint density at radius 3 is 1.33 bits per heavy atom. The Morgan fingerprint density at radius 2 is 0.731 bits per heavy atom. The van der Waals surface area contributed by atoms with E-state index in [2.05, 4.69) is 0 Å². The van der Waals surface area contributed by atoms with Crippen LogP contribution < -0.4 is 27.3 Å². The van der Waals surface area contributed by atoms with Gasteiger partial charge in [0.2, 0.25) is 11.5 Å². The van der Waals surface area contributed by atoms with E-state index in [0.717, 1.165) is 22.3 Å². The first-order chi connectivity index (χ1) is 32.3. The van der Waals surface area contributed by atoms with Gasteiger partial charge in [-0.15, -0.1) is 0 Å². The summed E-state index contributed by atoms with van der Waals surface area (Å²) in [5.41, 5.74) is 2.27. The van der Waals surface area contributed by atoms with Gasteiger partial charge in [0, 0.05) is 44.2 Å². The van der Waals surface area contributed by atoms with Crippen molar-refractivity contribution in [2.75, 3.05) is 0 Å². The van der Waals surface area contributed by atoms with Gasteiger partial charge < -0.3 is 40.3 Å². The molecule has 10 rings (SSSR count). The van der Waals surface area contributed by atoms with Gasteiger partial charge in [-0.05, 0) is 62.2 Å². The number of phenolic OH excluding ortho intramolecular Hbond substituents is 7. The van der Waals surface area contributed by atoms with E-state index in [0.29, 0.717) is 39.9 Å². The van der Waals surface area contributed by atoms with Crippen molar-refractivity contribution in [3.05, 3.63) is 133 Å². The number of aromatic hydroxyl groups is 7. The zero-order chi connectivity index (χ0) is 47.0. The van der Waals surface area contributed by atoms with Crippen LogP contribution in [-0.4, -0.2) is 94.5 Å². The van der Waals surface area contributed by atoms with Crippen molar-refractivity contribution < 1.29 is 35.7 Å². The maximum atomic E-state index is 11.6. The summed E-state index contributed by atoms with van der Waals surface area (Å²) < 4.78 is 1.49. The van der Waals surface area contributed by atoms with Gasteiger partial charge in [-0.1, -0.05) is 115 Å². The number of hydrogen-bond donors (Lipinski definition) is 7. The van der Waals surface area contributed by atoms with Crippen LogP contribution >= 0.6 is 0 Å². The average molecular weight is 864 g/mol. The van der Waals surface area contributed by atoms with Crippen molar-refractivity contribution >= 4 is 88.4 Å². The van der Waals surface area contributed by atoms with Crippen LogP contribution in [0.25, 0.3) is 95.0 Å². The largest absolute Gasteiger partial charge is 0.509 e. The van der Waals surface area contributed by atoms with Crippen LogP contribution in [0.5, 0.6) is 40.2 Å². The molecule has 0 aliphatic rings. The number of aromatic nitrogens is 4. The topological polar surface area (TPSA) is 185 Å². The first-order valence-corrected chi connectivity index (χ1v) is 20.6. The molecule has 7 N–H and O–H groups in total. The van der Waals surface area contributed by atoms with Crippen LogP contribution in [0.15, 0.2) is 133 Å². The summed E-state index contributed by atoms with van der Waals surface area (Å²) in [5.74, 6) is -5.51. The van der Waals surface area contributed by atoms with E-state index in [1.807, 2.05) is 121 Å². The van der Waals surface area contributed by atoms with Gasteiger partial charge in [0.1, 0.15) is 50.7 Å². The first-order valence-electron chi connectivity index (χ1n) is 20.6. The zero-order valence-electron chi connectivity index (χ0n) is 35.0.